The van der Waals surface area contributed by atoms with Gasteiger partial charge in [0.1, 0.15) is 5.76 Å². The van der Waals surface area contributed by atoms with Gasteiger partial charge in [0.15, 0.2) is 0 Å². The van der Waals surface area contributed by atoms with Crippen LogP contribution in [0.1, 0.15) is 27.2 Å². The summed E-state index contributed by atoms with van der Waals surface area (Å²) in [6, 6.07) is 0. The van der Waals surface area contributed by atoms with Crippen molar-refractivity contribution in [2.75, 3.05) is 0 Å². The van der Waals surface area contributed by atoms with E-state index < -0.39 is 4.75 Å². The summed E-state index contributed by atoms with van der Waals surface area (Å²) in [5, 5.41) is 9.96. The molecule has 0 spiro atoms. The van der Waals surface area contributed by atoms with E-state index in [4.69, 9.17) is 0 Å². The molecule has 1 aliphatic heterocycles. The first-order valence-electron chi connectivity index (χ1n) is 4.92. The van der Waals surface area contributed by atoms with Gasteiger partial charge in [0.25, 0.3) is 0 Å². The molecular weight excluding hydrogens is 208 g/mol. The molecule has 1 atom stereocenters. The van der Waals surface area contributed by atoms with Gasteiger partial charge in [-0.15, -0.1) is 0 Å². The summed E-state index contributed by atoms with van der Waals surface area (Å²) in [6.07, 6.45) is 4.17. The highest BCUT2D eigenvalue weighted by Crippen LogP contribution is 2.44. The van der Waals surface area contributed by atoms with E-state index in [2.05, 4.69) is 6.58 Å². The molecule has 0 unspecified atom stereocenters. The van der Waals surface area contributed by atoms with Crippen molar-refractivity contribution >= 4 is 16.9 Å². The van der Waals surface area contributed by atoms with Crippen LogP contribution in [0.4, 0.5) is 0 Å². The second kappa shape index (κ2) is 4.27. The van der Waals surface area contributed by atoms with Crippen LogP contribution in [0.2, 0.25) is 0 Å². The first kappa shape index (κ1) is 12.1. The monoisotopic (exact) mass is 224 g/mol. The Kier molecular flexibility index (Phi) is 3.45. The summed E-state index contributed by atoms with van der Waals surface area (Å²) < 4.78 is -0.610. The van der Waals surface area contributed by atoms with Crippen molar-refractivity contribution in [2.24, 2.45) is 0 Å². The fourth-order valence-corrected chi connectivity index (χ4v) is 2.82. The minimum atomic E-state index is -0.610. The molecule has 0 aromatic heterocycles. The van der Waals surface area contributed by atoms with Crippen LogP contribution in [0.3, 0.4) is 0 Å². The van der Waals surface area contributed by atoms with Crippen LogP contribution in [-0.2, 0) is 4.79 Å². The molecule has 2 nitrogen and oxygen atoms in total. The number of aliphatic hydroxyl groups is 1. The Morgan fingerprint density at radius 3 is 2.67 bits per heavy atom. The number of carbonyl (C=O) groups excluding carboxylic acids is 1. The Hall–Kier alpha value is -0.960. The second-order valence-corrected chi connectivity index (χ2v) is 5.19. The lowest BCUT2D eigenvalue weighted by Gasteiger charge is -2.18. The maximum atomic E-state index is 11.6. The van der Waals surface area contributed by atoms with Crippen molar-refractivity contribution in [3.8, 4) is 0 Å². The van der Waals surface area contributed by atoms with Gasteiger partial charge in [0, 0.05) is 5.57 Å². The molecule has 0 saturated heterocycles. The van der Waals surface area contributed by atoms with E-state index in [1.165, 1.54) is 11.8 Å². The van der Waals surface area contributed by atoms with Crippen LogP contribution < -0.4 is 0 Å². The number of thioether (sulfide) groups is 1. The zero-order valence-electron chi connectivity index (χ0n) is 9.33. The number of rotatable bonds is 3. The summed E-state index contributed by atoms with van der Waals surface area (Å²) >= 11 is 1.17. The van der Waals surface area contributed by atoms with E-state index in [1.54, 1.807) is 6.08 Å². The fraction of sp³-hybridized carbons (Fsp3) is 0.417. The average molecular weight is 224 g/mol. The van der Waals surface area contributed by atoms with Crippen molar-refractivity contribution in [3.63, 3.8) is 0 Å². The molecule has 1 rings (SSSR count). The highest BCUT2D eigenvalue weighted by molar-refractivity contribution is 8.16. The lowest BCUT2D eigenvalue weighted by molar-refractivity contribution is -0.107. The van der Waals surface area contributed by atoms with Crippen LogP contribution in [0.15, 0.2) is 35.6 Å². The fourth-order valence-electron chi connectivity index (χ4n) is 1.60. The maximum absolute atomic E-state index is 11.6. The second-order valence-electron chi connectivity index (χ2n) is 3.77. The SMILES string of the molecule is C=C/C(C)=C/[C@@]1(C)SC(=O)C(CC)=C1O. The minimum Gasteiger partial charge on any atom is -0.510 e. The molecule has 0 bridgehead atoms. The molecule has 82 valence electrons. The smallest absolute Gasteiger partial charge is 0.220 e. The van der Waals surface area contributed by atoms with Gasteiger partial charge in [0.05, 0.1) is 4.75 Å². The lowest BCUT2D eigenvalue weighted by Crippen LogP contribution is -2.17. The van der Waals surface area contributed by atoms with E-state index in [9.17, 15) is 9.90 Å². The van der Waals surface area contributed by atoms with Crippen LogP contribution in [0.25, 0.3) is 0 Å². The summed E-state index contributed by atoms with van der Waals surface area (Å²) in [5.74, 6) is 0.196. The maximum Gasteiger partial charge on any atom is 0.220 e. The van der Waals surface area contributed by atoms with Gasteiger partial charge >= 0.3 is 0 Å². The largest absolute Gasteiger partial charge is 0.510 e. The van der Waals surface area contributed by atoms with Gasteiger partial charge in [-0.3, -0.25) is 4.79 Å². The van der Waals surface area contributed by atoms with Gasteiger partial charge in [-0.05, 0) is 20.3 Å². The highest BCUT2D eigenvalue weighted by atomic mass is 32.2. The van der Waals surface area contributed by atoms with E-state index in [1.807, 2.05) is 26.8 Å². The van der Waals surface area contributed by atoms with Gasteiger partial charge in [-0.25, -0.2) is 0 Å². The van der Waals surface area contributed by atoms with E-state index in [-0.39, 0.29) is 10.9 Å². The van der Waals surface area contributed by atoms with Gasteiger partial charge < -0.3 is 5.11 Å². The third kappa shape index (κ3) is 2.17. The summed E-state index contributed by atoms with van der Waals surface area (Å²) in [7, 11) is 0. The number of carbonyl (C=O) groups is 1. The van der Waals surface area contributed by atoms with E-state index >= 15 is 0 Å². The van der Waals surface area contributed by atoms with Crippen LogP contribution in [-0.4, -0.2) is 15.0 Å². The quantitative estimate of drug-likeness (QED) is 0.747. The molecule has 1 heterocycles. The Labute approximate surface area is 94.8 Å². The minimum absolute atomic E-state index is 0.0226. The van der Waals surface area contributed by atoms with Crippen LogP contribution in [0.5, 0.6) is 0 Å². The Bertz CT molecular complexity index is 366. The van der Waals surface area contributed by atoms with Crippen LogP contribution in [0, 0.1) is 0 Å². The van der Waals surface area contributed by atoms with Crippen molar-refractivity contribution in [2.45, 2.75) is 31.9 Å². The van der Waals surface area contributed by atoms with E-state index in [0.717, 1.165) is 5.57 Å². The number of allylic oxidation sites excluding steroid dienone is 2. The molecule has 0 saturated carbocycles. The molecular formula is C12H16O2S. The van der Waals surface area contributed by atoms with Crippen LogP contribution >= 0.6 is 11.8 Å². The average Bonchev–Trinajstić information content (AvgIpc) is 2.37. The summed E-state index contributed by atoms with van der Waals surface area (Å²) in [5.41, 5.74) is 1.50. The number of hydrogen-bond donors (Lipinski definition) is 1. The predicted molar refractivity (Wildman–Crippen MR) is 64.9 cm³/mol. The number of hydrogen-bond acceptors (Lipinski definition) is 3. The Morgan fingerprint density at radius 2 is 2.27 bits per heavy atom. The first-order valence-corrected chi connectivity index (χ1v) is 5.74. The topological polar surface area (TPSA) is 37.3 Å². The third-order valence-electron chi connectivity index (χ3n) is 2.49. The molecule has 0 fully saturated rings. The van der Waals surface area contributed by atoms with Crippen molar-refractivity contribution < 1.29 is 9.90 Å². The number of aliphatic hydroxyl groups excluding tert-OH is 1. The summed E-state index contributed by atoms with van der Waals surface area (Å²) in [6.45, 7) is 9.28. The molecule has 1 N–H and O–H groups in total. The highest BCUT2D eigenvalue weighted by Gasteiger charge is 2.41. The molecule has 0 aliphatic carbocycles. The van der Waals surface area contributed by atoms with Gasteiger partial charge in [-0.2, -0.15) is 0 Å². The zero-order chi connectivity index (χ0) is 11.6. The van der Waals surface area contributed by atoms with E-state index in [0.29, 0.717) is 12.0 Å². The van der Waals surface area contributed by atoms with Crippen molar-refractivity contribution in [3.05, 3.63) is 35.6 Å². The van der Waals surface area contributed by atoms with Crippen molar-refractivity contribution in [1.29, 1.82) is 0 Å². The predicted octanol–water partition coefficient (Wildman–Crippen LogP) is 3.37. The standard InChI is InChI=1S/C12H16O2S/c1-5-8(3)7-12(4)10(13)9(6-2)11(14)15-12/h5,7,13H,1,6H2,2-4H3/b8-7+/t12-/m1/s1. The third-order valence-corrected chi connectivity index (χ3v) is 3.65. The zero-order valence-corrected chi connectivity index (χ0v) is 10.1. The Morgan fingerprint density at radius 1 is 1.67 bits per heavy atom. The normalized spacial score (nSPS) is 27.4. The molecule has 3 heteroatoms. The molecule has 0 aromatic carbocycles. The Balaban J connectivity index is 3.14. The van der Waals surface area contributed by atoms with Gasteiger partial charge in [-0.1, -0.05) is 43.0 Å². The van der Waals surface area contributed by atoms with Crippen molar-refractivity contribution in [1.82, 2.24) is 0 Å². The first-order chi connectivity index (χ1) is 6.94. The summed E-state index contributed by atoms with van der Waals surface area (Å²) in [4.78, 5) is 11.6. The molecule has 0 radical (unpaired) electrons. The molecule has 0 amide bonds. The molecule has 15 heavy (non-hydrogen) atoms. The molecule has 1 aliphatic rings. The molecule has 0 aromatic rings. The lowest BCUT2D eigenvalue weighted by atomic mass is 10.0. The van der Waals surface area contributed by atoms with Gasteiger partial charge in [0.2, 0.25) is 5.12 Å².